The van der Waals surface area contributed by atoms with Crippen LogP contribution in [0.15, 0.2) is 60.8 Å². The van der Waals surface area contributed by atoms with E-state index >= 15 is 0 Å². The number of hydrogen-bond acceptors (Lipinski definition) is 2. The molecule has 0 bridgehead atoms. The number of aromatic amines is 1. The van der Waals surface area contributed by atoms with Crippen LogP contribution in [0.5, 0.6) is 0 Å². The van der Waals surface area contributed by atoms with Gasteiger partial charge in [0.2, 0.25) is 0 Å². The predicted molar refractivity (Wildman–Crippen MR) is 124 cm³/mol. The molecule has 0 atom stereocenters. The third-order valence-corrected chi connectivity index (χ3v) is 5.69. The van der Waals surface area contributed by atoms with E-state index in [2.05, 4.69) is 10.3 Å². The Morgan fingerprint density at radius 1 is 1.00 bits per heavy atom. The number of aryl methyl sites for hydroxylation is 1. The molecule has 0 saturated heterocycles. The molecule has 0 aliphatic heterocycles. The number of hydrogen-bond donors (Lipinski definition) is 3. The summed E-state index contributed by atoms with van der Waals surface area (Å²) in [6, 6.07) is 16.7. The van der Waals surface area contributed by atoms with Crippen LogP contribution in [0.3, 0.4) is 0 Å². The lowest BCUT2D eigenvalue weighted by Crippen LogP contribution is -2.24. The minimum absolute atomic E-state index is 0.179. The van der Waals surface area contributed by atoms with Gasteiger partial charge in [0.15, 0.2) is 0 Å². The third-order valence-electron chi connectivity index (χ3n) is 5.69. The fraction of sp³-hybridized carbons (Fsp3) is 0.154. The molecule has 1 heterocycles. The Morgan fingerprint density at radius 3 is 2.52 bits per heavy atom. The quantitative estimate of drug-likeness (QED) is 0.401. The summed E-state index contributed by atoms with van der Waals surface area (Å²) in [5, 5.41) is 13.4. The second-order valence-corrected chi connectivity index (χ2v) is 7.61. The van der Waals surface area contributed by atoms with Gasteiger partial charge in [0.1, 0.15) is 0 Å². The first-order valence-electron chi connectivity index (χ1n) is 10.2. The van der Waals surface area contributed by atoms with E-state index in [1.54, 1.807) is 18.2 Å². The van der Waals surface area contributed by atoms with E-state index in [4.69, 9.17) is 0 Å². The van der Waals surface area contributed by atoms with Gasteiger partial charge in [-0.3, -0.25) is 4.79 Å². The zero-order valence-corrected chi connectivity index (χ0v) is 17.7. The molecule has 0 radical (unpaired) electrons. The van der Waals surface area contributed by atoms with Crippen molar-refractivity contribution in [1.29, 1.82) is 0 Å². The van der Waals surface area contributed by atoms with E-state index in [0.29, 0.717) is 17.7 Å². The summed E-state index contributed by atoms with van der Waals surface area (Å²) in [6.07, 6.45) is 1.94. The highest BCUT2D eigenvalue weighted by Gasteiger charge is 2.24. The topological polar surface area (TPSA) is 82.2 Å². The van der Waals surface area contributed by atoms with Gasteiger partial charge in [-0.1, -0.05) is 36.4 Å². The Morgan fingerprint density at radius 2 is 1.77 bits per heavy atom. The van der Waals surface area contributed by atoms with Crippen molar-refractivity contribution < 1.29 is 14.7 Å². The molecular formula is C26H24N2O3. The SMILES string of the molecule is CCNC(=O)c1c(-c2cccc(C(=O)O)c2)cc(C)c(C)c1-c1c[nH]c2ccccc12. The Hall–Kier alpha value is -3.86. The van der Waals surface area contributed by atoms with Crippen LogP contribution in [0.1, 0.15) is 38.8 Å². The Bertz CT molecular complexity index is 1320. The van der Waals surface area contributed by atoms with Crippen molar-refractivity contribution >= 4 is 22.8 Å². The number of para-hydroxylation sites is 1. The number of carbonyl (C=O) groups is 2. The standard InChI is InChI=1S/C26H24N2O3/c1-4-27-25(29)24-20(17-8-7-9-18(13-17)26(30)31)12-15(2)16(3)23(24)21-14-28-22-11-6-5-10-19(21)22/h5-14,28H,4H2,1-3H3,(H,27,29)(H,30,31). The molecule has 31 heavy (non-hydrogen) atoms. The van der Waals surface area contributed by atoms with E-state index in [9.17, 15) is 14.7 Å². The lowest BCUT2D eigenvalue weighted by atomic mass is 9.85. The van der Waals surface area contributed by atoms with Crippen LogP contribution in [0.25, 0.3) is 33.2 Å². The van der Waals surface area contributed by atoms with Gasteiger partial charge in [0.25, 0.3) is 5.91 Å². The number of fused-ring (bicyclic) bond motifs is 1. The van der Waals surface area contributed by atoms with Gasteiger partial charge in [0.05, 0.1) is 11.1 Å². The first kappa shape index (κ1) is 20.4. The number of carboxylic acid groups (broad SMARTS) is 1. The van der Waals surface area contributed by atoms with Gasteiger partial charge in [0, 0.05) is 34.8 Å². The summed E-state index contributed by atoms with van der Waals surface area (Å²) in [5.74, 6) is -1.18. The molecule has 5 heteroatoms. The van der Waals surface area contributed by atoms with E-state index in [0.717, 1.165) is 38.7 Å². The van der Waals surface area contributed by atoms with Crippen LogP contribution in [0, 0.1) is 13.8 Å². The molecule has 3 aromatic carbocycles. The number of amides is 1. The molecule has 0 fully saturated rings. The molecule has 3 N–H and O–H groups in total. The zero-order chi connectivity index (χ0) is 22.1. The number of benzene rings is 3. The minimum atomic E-state index is -0.998. The van der Waals surface area contributed by atoms with Gasteiger partial charge in [-0.25, -0.2) is 4.79 Å². The van der Waals surface area contributed by atoms with E-state index in [-0.39, 0.29) is 11.5 Å². The lowest BCUT2D eigenvalue weighted by Gasteiger charge is -2.19. The second-order valence-electron chi connectivity index (χ2n) is 7.61. The molecule has 0 aliphatic carbocycles. The van der Waals surface area contributed by atoms with E-state index in [1.807, 2.05) is 63.4 Å². The number of rotatable bonds is 5. The first-order valence-corrected chi connectivity index (χ1v) is 10.2. The monoisotopic (exact) mass is 412 g/mol. The van der Waals surface area contributed by atoms with Crippen molar-refractivity contribution in [1.82, 2.24) is 10.3 Å². The number of H-pyrrole nitrogens is 1. The van der Waals surface area contributed by atoms with Crippen LogP contribution in [0.4, 0.5) is 0 Å². The van der Waals surface area contributed by atoms with Crippen molar-refractivity contribution in [3.8, 4) is 22.3 Å². The van der Waals surface area contributed by atoms with E-state index < -0.39 is 5.97 Å². The van der Waals surface area contributed by atoms with Gasteiger partial charge >= 0.3 is 5.97 Å². The summed E-state index contributed by atoms with van der Waals surface area (Å²) in [4.78, 5) is 28.2. The molecule has 0 saturated carbocycles. The maximum atomic E-state index is 13.3. The normalized spacial score (nSPS) is 10.9. The second kappa shape index (κ2) is 8.11. The van der Waals surface area contributed by atoms with Gasteiger partial charge in [-0.05, 0) is 61.2 Å². The molecule has 0 spiro atoms. The third kappa shape index (κ3) is 3.59. The molecule has 0 aliphatic rings. The molecule has 156 valence electrons. The van der Waals surface area contributed by atoms with Crippen molar-refractivity contribution in [3.63, 3.8) is 0 Å². The van der Waals surface area contributed by atoms with Crippen LogP contribution >= 0.6 is 0 Å². The summed E-state index contributed by atoms with van der Waals surface area (Å²) in [7, 11) is 0. The molecule has 4 aromatic rings. The van der Waals surface area contributed by atoms with Crippen LogP contribution in [-0.4, -0.2) is 28.5 Å². The predicted octanol–water partition coefficient (Wildman–Crippen LogP) is 5.57. The zero-order valence-electron chi connectivity index (χ0n) is 17.7. The van der Waals surface area contributed by atoms with Gasteiger partial charge in [-0.15, -0.1) is 0 Å². The molecule has 5 nitrogen and oxygen atoms in total. The molecule has 4 rings (SSSR count). The summed E-state index contributed by atoms with van der Waals surface area (Å²) in [5.41, 5.74) is 7.02. The molecular weight excluding hydrogens is 388 g/mol. The molecule has 1 aromatic heterocycles. The molecule has 1 amide bonds. The van der Waals surface area contributed by atoms with Crippen LogP contribution in [-0.2, 0) is 0 Å². The van der Waals surface area contributed by atoms with E-state index in [1.165, 1.54) is 0 Å². The largest absolute Gasteiger partial charge is 0.478 e. The minimum Gasteiger partial charge on any atom is -0.478 e. The maximum absolute atomic E-state index is 13.3. The number of nitrogens with one attached hydrogen (secondary N) is 2. The average Bonchev–Trinajstić information content (AvgIpc) is 3.19. The smallest absolute Gasteiger partial charge is 0.335 e. The number of aromatic nitrogens is 1. The average molecular weight is 412 g/mol. The fourth-order valence-electron chi connectivity index (χ4n) is 4.06. The van der Waals surface area contributed by atoms with Crippen LogP contribution in [0.2, 0.25) is 0 Å². The summed E-state index contributed by atoms with van der Waals surface area (Å²) in [6.45, 7) is 6.41. The number of carboxylic acids is 1. The highest BCUT2D eigenvalue weighted by molar-refractivity contribution is 6.11. The van der Waals surface area contributed by atoms with Gasteiger partial charge in [-0.2, -0.15) is 0 Å². The highest BCUT2D eigenvalue weighted by atomic mass is 16.4. The highest BCUT2D eigenvalue weighted by Crippen LogP contribution is 2.40. The van der Waals surface area contributed by atoms with Crippen molar-refractivity contribution in [2.45, 2.75) is 20.8 Å². The van der Waals surface area contributed by atoms with Crippen molar-refractivity contribution in [2.24, 2.45) is 0 Å². The number of carbonyl (C=O) groups excluding carboxylic acids is 1. The lowest BCUT2D eigenvalue weighted by molar-refractivity contribution is 0.0696. The van der Waals surface area contributed by atoms with Crippen molar-refractivity contribution in [3.05, 3.63) is 83.0 Å². The summed E-state index contributed by atoms with van der Waals surface area (Å²) < 4.78 is 0. The maximum Gasteiger partial charge on any atom is 0.335 e. The molecule has 0 unspecified atom stereocenters. The van der Waals surface area contributed by atoms with Gasteiger partial charge < -0.3 is 15.4 Å². The Balaban J connectivity index is 2.09. The Labute approximate surface area is 180 Å². The fourth-order valence-corrected chi connectivity index (χ4v) is 4.06. The van der Waals surface area contributed by atoms with Crippen LogP contribution < -0.4 is 5.32 Å². The summed E-state index contributed by atoms with van der Waals surface area (Å²) >= 11 is 0. The first-order chi connectivity index (χ1) is 14.9. The Kier molecular flexibility index (Phi) is 5.34. The van der Waals surface area contributed by atoms with Crippen molar-refractivity contribution in [2.75, 3.05) is 6.54 Å². The number of aromatic carboxylic acids is 1.